The van der Waals surface area contributed by atoms with Crippen molar-refractivity contribution >= 4 is 11.7 Å². The molecule has 7 nitrogen and oxygen atoms in total. The molecule has 130 valence electrons. The molecule has 0 aromatic carbocycles. The Morgan fingerprint density at radius 2 is 2.04 bits per heavy atom. The van der Waals surface area contributed by atoms with Crippen molar-refractivity contribution in [1.29, 1.82) is 0 Å². The molecular weight excluding hydrogens is 318 g/mol. The van der Waals surface area contributed by atoms with E-state index in [1.165, 1.54) is 30.7 Å². The van der Waals surface area contributed by atoms with Gasteiger partial charge in [-0.2, -0.15) is 5.10 Å². The third kappa shape index (κ3) is 3.01. The highest BCUT2D eigenvalue weighted by atomic mass is 16.2. The summed E-state index contributed by atoms with van der Waals surface area (Å²) in [5.74, 6) is 0.765. The summed E-state index contributed by atoms with van der Waals surface area (Å²) in [6, 6.07) is 5.23. The molecule has 2 aromatic heterocycles. The number of carbonyl (C=O) groups excluding carboxylic acids is 1. The van der Waals surface area contributed by atoms with Gasteiger partial charge in [0.05, 0.1) is 11.7 Å². The molecule has 4 rings (SSSR count). The van der Waals surface area contributed by atoms with Crippen molar-refractivity contribution in [3.8, 4) is 0 Å². The predicted molar refractivity (Wildman–Crippen MR) is 93.8 cm³/mol. The van der Waals surface area contributed by atoms with Crippen LogP contribution in [0.2, 0.25) is 0 Å². The second-order valence-corrected chi connectivity index (χ2v) is 6.80. The Labute approximate surface area is 145 Å². The highest BCUT2D eigenvalue weighted by molar-refractivity contribution is 5.94. The lowest BCUT2D eigenvalue weighted by Gasteiger charge is -2.44. The molecule has 2 aliphatic rings. The lowest BCUT2D eigenvalue weighted by atomic mass is 9.96. The summed E-state index contributed by atoms with van der Waals surface area (Å²) < 4.78 is 0. The van der Waals surface area contributed by atoms with Crippen LogP contribution in [0.3, 0.4) is 0 Å². The van der Waals surface area contributed by atoms with Gasteiger partial charge in [-0.05, 0) is 43.4 Å². The molecule has 1 aliphatic heterocycles. The zero-order chi connectivity index (χ0) is 17.4. The maximum atomic E-state index is 12.5. The fourth-order valence-electron chi connectivity index (χ4n) is 3.47. The standard InChI is InChI=1S/C18H21N5O2/c1-22(18(25)13-6-7-19-17(24)9-13)14-10-23(11-14)16-8-12-4-2-3-5-15(12)20-21-16/h6-9,14H,2-5,10-11H2,1H3,(H,19,24). The first kappa shape index (κ1) is 15.8. The number of rotatable bonds is 3. The molecule has 0 radical (unpaired) electrons. The van der Waals surface area contributed by atoms with Gasteiger partial charge < -0.3 is 14.8 Å². The highest BCUT2D eigenvalue weighted by Crippen LogP contribution is 2.26. The summed E-state index contributed by atoms with van der Waals surface area (Å²) in [5, 5.41) is 8.72. The van der Waals surface area contributed by atoms with Crippen LogP contribution in [0, 0.1) is 0 Å². The molecule has 0 unspecified atom stereocenters. The number of aromatic nitrogens is 3. The fraction of sp³-hybridized carbons (Fsp3) is 0.444. The van der Waals surface area contributed by atoms with Crippen molar-refractivity contribution < 1.29 is 4.79 Å². The van der Waals surface area contributed by atoms with Gasteiger partial charge in [0.2, 0.25) is 5.56 Å². The first-order chi connectivity index (χ1) is 12.1. The third-order valence-electron chi connectivity index (χ3n) is 5.13. The minimum Gasteiger partial charge on any atom is -0.351 e. The fourth-order valence-corrected chi connectivity index (χ4v) is 3.47. The molecule has 0 atom stereocenters. The van der Waals surface area contributed by atoms with Gasteiger partial charge >= 0.3 is 0 Å². The number of H-pyrrole nitrogens is 1. The lowest BCUT2D eigenvalue weighted by molar-refractivity contribution is 0.0704. The normalized spacial score (nSPS) is 16.9. The van der Waals surface area contributed by atoms with Crippen molar-refractivity contribution in [1.82, 2.24) is 20.1 Å². The molecule has 1 N–H and O–H groups in total. The summed E-state index contributed by atoms with van der Waals surface area (Å²) in [6.07, 6.45) is 6.02. The van der Waals surface area contributed by atoms with Crippen molar-refractivity contribution in [2.75, 3.05) is 25.0 Å². The number of nitrogens with one attached hydrogen (secondary N) is 1. The lowest BCUT2D eigenvalue weighted by Crippen LogP contribution is -2.60. The molecule has 2 aromatic rings. The Bertz CT molecular complexity index is 857. The molecule has 1 saturated heterocycles. The number of fused-ring (bicyclic) bond motifs is 1. The van der Waals surface area contributed by atoms with E-state index in [9.17, 15) is 9.59 Å². The van der Waals surface area contributed by atoms with E-state index in [0.717, 1.165) is 37.4 Å². The van der Waals surface area contributed by atoms with E-state index in [-0.39, 0.29) is 17.5 Å². The molecule has 1 amide bonds. The van der Waals surface area contributed by atoms with Gasteiger partial charge in [0.15, 0.2) is 5.82 Å². The maximum Gasteiger partial charge on any atom is 0.254 e. The summed E-state index contributed by atoms with van der Waals surface area (Å²) in [7, 11) is 1.78. The van der Waals surface area contributed by atoms with Crippen molar-refractivity contribution in [3.63, 3.8) is 0 Å². The number of carbonyl (C=O) groups is 1. The molecule has 0 saturated carbocycles. The van der Waals surface area contributed by atoms with Crippen LogP contribution < -0.4 is 10.5 Å². The van der Waals surface area contributed by atoms with Gasteiger partial charge in [-0.15, -0.1) is 5.10 Å². The Morgan fingerprint density at radius 1 is 1.24 bits per heavy atom. The van der Waals surface area contributed by atoms with E-state index in [0.29, 0.717) is 5.56 Å². The number of nitrogens with zero attached hydrogens (tertiary/aromatic N) is 4. The van der Waals surface area contributed by atoms with E-state index >= 15 is 0 Å². The number of likely N-dealkylation sites (N-methyl/N-ethyl adjacent to an activating group) is 1. The zero-order valence-electron chi connectivity index (χ0n) is 14.2. The zero-order valence-corrected chi connectivity index (χ0v) is 14.2. The number of aryl methyl sites for hydroxylation is 2. The average Bonchev–Trinajstić information content (AvgIpc) is 2.59. The van der Waals surface area contributed by atoms with Crippen LogP contribution in [-0.2, 0) is 12.8 Å². The second kappa shape index (κ2) is 6.31. The Balaban J connectivity index is 1.41. The van der Waals surface area contributed by atoms with Crippen LogP contribution in [0.1, 0.15) is 34.5 Å². The van der Waals surface area contributed by atoms with Crippen molar-refractivity contribution in [2.24, 2.45) is 0 Å². The molecule has 7 heteroatoms. The van der Waals surface area contributed by atoms with Crippen molar-refractivity contribution in [2.45, 2.75) is 31.7 Å². The quantitative estimate of drug-likeness (QED) is 0.902. The van der Waals surface area contributed by atoms with Gasteiger partial charge in [0.1, 0.15) is 0 Å². The minimum atomic E-state index is -0.265. The predicted octanol–water partition coefficient (Wildman–Crippen LogP) is 1.00. The van der Waals surface area contributed by atoms with E-state index < -0.39 is 0 Å². The van der Waals surface area contributed by atoms with Gasteiger partial charge in [-0.25, -0.2) is 0 Å². The van der Waals surface area contributed by atoms with Crippen LogP contribution in [0.25, 0.3) is 0 Å². The number of amides is 1. The van der Waals surface area contributed by atoms with Crippen LogP contribution in [0.15, 0.2) is 29.2 Å². The summed E-state index contributed by atoms with van der Waals surface area (Å²) in [4.78, 5) is 30.2. The van der Waals surface area contributed by atoms with Crippen LogP contribution >= 0.6 is 0 Å². The summed E-state index contributed by atoms with van der Waals surface area (Å²) in [5.41, 5.74) is 2.60. The van der Waals surface area contributed by atoms with Crippen LogP contribution in [0.5, 0.6) is 0 Å². The van der Waals surface area contributed by atoms with E-state index in [4.69, 9.17) is 0 Å². The Morgan fingerprint density at radius 3 is 2.84 bits per heavy atom. The molecular formula is C18H21N5O2. The molecule has 0 bridgehead atoms. The number of aromatic amines is 1. The van der Waals surface area contributed by atoms with Crippen LogP contribution in [0.4, 0.5) is 5.82 Å². The van der Waals surface area contributed by atoms with E-state index in [1.54, 1.807) is 18.0 Å². The number of hydrogen-bond acceptors (Lipinski definition) is 5. The molecule has 1 aliphatic carbocycles. The molecule has 25 heavy (non-hydrogen) atoms. The number of hydrogen-bond donors (Lipinski definition) is 1. The van der Waals surface area contributed by atoms with E-state index in [1.807, 2.05) is 0 Å². The smallest absolute Gasteiger partial charge is 0.254 e. The highest BCUT2D eigenvalue weighted by Gasteiger charge is 2.34. The van der Waals surface area contributed by atoms with Gasteiger partial charge in [0.25, 0.3) is 5.91 Å². The number of anilines is 1. The van der Waals surface area contributed by atoms with Gasteiger partial charge in [-0.1, -0.05) is 0 Å². The number of pyridine rings is 1. The van der Waals surface area contributed by atoms with E-state index in [2.05, 4.69) is 26.1 Å². The largest absolute Gasteiger partial charge is 0.351 e. The topological polar surface area (TPSA) is 82.2 Å². The Kier molecular flexibility index (Phi) is 3.99. The second-order valence-electron chi connectivity index (χ2n) is 6.80. The molecule has 3 heterocycles. The summed E-state index contributed by atoms with van der Waals surface area (Å²) >= 11 is 0. The summed E-state index contributed by atoms with van der Waals surface area (Å²) in [6.45, 7) is 1.47. The minimum absolute atomic E-state index is 0.115. The average molecular weight is 339 g/mol. The van der Waals surface area contributed by atoms with Crippen molar-refractivity contribution in [3.05, 3.63) is 51.6 Å². The molecule has 1 fully saturated rings. The van der Waals surface area contributed by atoms with Gasteiger partial charge in [0, 0.05) is 38.0 Å². The monoisotopic (exact) mass is 339 g/mol. The van der Waals surface area contributed by atoms with Crippen LogP contribution in [-0.4, -0.2) is 52.2 Å². The van der Waals surface area contributed by atoms with Gasteiger partial charge in [-0.3, -0.25) is 9.59 Å². The first-order valence-corrected chi connectivity index (χ1v) is 8.68. The third-order valence-corrected chi connectivity index (χ3v) is 5.13. The Hall–Kier alpha value is -2.70. The SMILES string of the molecule is CN(C(=O)c1cc[nH]c(=O)c1)C1CN(c2cc3c(nn2)CCCC3)C1. The maximum absolute atomic E-state index is 12.5. The molecule has 0 spiro atoms. The first-order valence-electron chi connectivity index (χ1n) is 8.68.